The van der Waals surface area contributed by atoms with Gasteiger partial charge in [0.2, 0.25) is 0 Å². The number of alkyl halides is 3. The third-order valence-electron chi connectivity index (χ3n) is 3.52. The van der Waals surface area contributed by atoms with Crippen molar-refractivity contribution in [1.82, 2.24) is 0 Å². The molecule has 1 nitrogen and oxygen atoms in total. The van der Waals surface area contributed by atoms with E-state index in [4.69, 9.17) is 0 Å². The molecular weight excluding hydrogens is 295 g/mol. The van der Waals surface area contributed by atoms with Crippen molar-refractivity contribution in [2.45, 2.75) is 29.8 Å². The van der Waals surface area contributed by atoms with E-state index in [1.807, 2.05) is 32.0 Å². The van der Waals surface area contributed by atoms with E-state index < -0.39 is 11.7 Å². The Kier molecular flexibility index (Phi) is 3.40. The Labute approximate surface area is 125 Å². The van der Waals surface area contributed by atoms with E-state index in [0.717, 1.165) is 34.4 Å². The fourth-order valence-electron chi connectivity index (χ4n) is 2.51. The van der Waals surface area contributed by atoms with Crippen molar-refractivity contribution >= 4 is 23.1 Å². The number of hydrogen-bond acceptors (Lipinski definition) is 2. The van der Waals surface area contributed by atoms with Crippen LogP contribution in [0.5, 0.6) is 0 Å². The summed E-state index contributed by atoms with van der Waals surface area (Å²) in [7, 11) is 0. The van der Waals surface area contributed by atoms with Crippen molar-refractivity contribution in [3.63, 3.8) is 0 Å². The molecule has 0 unspecified atom stereocenters. The molecule has 2 aromatic rings. The van der Waals surface area contributed by atoms with Crippen LogP contribution in [0.25, 0.3) is 0 Å². The van der Waals surface area contributed by atoms with Crippen LogP contribution in [-0.4, -0.2) is 6.54 Å². The summed E-state index contributed by atoms with van der Waals surface area (Å²) in [5, 5.41) is 0. The molecule has 0 fully saturated rings. The number of benzene rings is 2. The van der Waals surface area contributed by atoms with E-state index in [1.54, 1.807) is 6.07 Å². The van der Waals surface area contributed by atoms with Crippen LogP contribution in [0, 0.1) is 6.92 Å². The summed E-state index contributed by atoms with van der Waals surface area (Å²) in [5.41, 5.74) is 2.40. The summed E-state index contributed by atoms with van der Waals surface area (Å²) < 4.78 is 38.6. The van der Waals surface area contributed by atoms with Crippen LogP contribution in [0.1, 0.15) is 18.1 Å². The van der Waals surface area contributed by atoms with Gasteiger partial charge in [0.25, 0.3) is 0 Å². The number of rotatable bonds is 1. The second-order valence-electron chi connectivity index (χ2n) is 5.00. The maximum absolute atomic E-state index is 12.9. The average molecular weight is 309 g/mol. The van der Waals surface area contributed by atoms with Crippen molar-refractivity contribution < 1.29 is 13.2 Å². The molecule has 5 heteroatoms. The number of hydrogen-bond donors (Lipinski definition) is 0. The van der Waals surface area contributed by atoms with E-state index in [9.17, 15) is 13.2 Å². The van der Waals surface area contributed by atoms with Gasteiger partial charge >= 0.3 is 6.18 Å². The van der Waals surface area contributed by atoms with Crippen molar-refractivity contribution in [3.05, 3.63) is 47.5 Å². The number of fused-ring (bicyclic) bond motifs is 2. The highest BCUT2D eigenvalue weighted by Gasteiger charge is 2.32. The van der Waals surface area contributed by atoms with E-state index in [1.165, 1.54) is 17.8 Å². The van der Waals surface area contributed by atoms with Gasteiger partial charge in [-0.1, -0.05) is 17.8 Å². The quantitative estimate of drug-likeness (QED) is 0.671. The van der Waals surface area contributed by atoms with Crippen LogP contribution in [0.15, 0.2) is 46.2 Å². The Hall–Kier alpha value is -1.62. The van der Waals surface area contributed by atoms with E-state index in [2.05, 4.69) is 4.90 Å². The number of aryl methyl sites for hydroxylation is 1. The summed E-state index contributed by atoms with van der Waals surface area (Å²) in [6.45, 7) is 4.70. The normalized spacial score (nSPS) is 13.9. The van der Waals surface area contributed by atoms with Crippen LogP contribution in [-0.2, 0) is 6.18 Å². The highest BCUT2D eigenvalue weighted by atomic mass is 32.2. The SMILES string of the molecule is CCN1c2ccc(C)cc2Sc2cc(C(F)(F)F)ccc21. The molecule has 1 aliphatic rings. The molecule has 0 N–H and O–H groups in total. The van der Waals surface area contributed by atoms with Crippen molar-refractivity contribution in [2.24, 2.45) is 0 Å². The second kappa shape index (κ2) is 4.98. The molecule has 0 aliphatic carbocycles. The zero-order chi connectivity index (χ0) is 15.2. The lowest BCUT2D eigenvalue weighted by molar-refractivity contribution is -0.137. The van der Waals surface area contributed by atoms with Gasteiger partial charge in [-0.2, -0.15) is 13.2 Å². The molecule has 0 saturated carbocycles. The highest BCUT2D eigenvalue weighted by molar-refractivity contribution is 7.99. The zero-order valence-electron chi connectivity index (χ0n) is 11.7. The summed E-state index contributed by atoms with van der Waals surface area (Å²) in [6, 6.07) is 10.0. The topological polar surface area (TPSA) is 3.24 Å². The minimum absolute atomic E-state index is 0.596. The first-order valence-corrected chi connectivity index (χ1v) is 7.49. The van der Waals surface area contributed by atoms with Crippen LogP contribution < -0.4 is 4.90 Å². The highest BCUT2D eigenvalue weighted by Crippen LogP contribution is 2.49. The predicted molar refractivity (Wildman–Crippen MR) is 79.4 cm³/mol. The van der Waals surface area contributed by atoms with Gasteiger partial charge in [-0.3, -0.25) is 0 Å². The number of nitrogens with zero attached hydrogens (tertiary/aromatic N) is 1. The monoisotopic (exact) mass is 309 g/mol. The fourth-order valence-corrected chi connectivity index (χ4v) is 3.74. The Morgan fingerprint density at radius 2 is 1.62 bits per heavy atom. The van der Waals surface area contributed by atoms with Crippen LogP contribution in [0.3, 0.4) is 0 Å². The molecule has 0 spiro atoms. The summed E-state index contributed by atoms with van der Waals surface area (Å²) in [5.74, 6) is 0. The van der Waals surface area contributed by atoms with E-state index in [0.29, 0.717) is 4.90 Å². The van der Waals surface area contributed by atoms with Crippen molar-refractivity contribution in [3.8, 4) is 0 Å². The molecule has 1 heterocycles. The summed E-state index contributed by atoms with van der Waals surface area (Å²) >= 11 is 1.40. The van der Waals surface area contributed by atoms with Gasteiger partial charge in [0.1, 0.15) is 0 Å². The van der Waals surface area contributed by atoms with Gasteiger partial charge in [-0.25, -0.2) is 0 Å². The lowest BCUT2D eigenvalue weighted by atomic mass is 10.1. The average Bonchev–Trinajstić information content (AvgIpc) is 2.42. The molecule has 0 bridgehead atoms. The lowest BCUT2D eigenvalue weighted by Crippen LogP contribution is -2.20. The molecule has 0 amide bonds. The lowest BCUT2D eigenvalue weighted by Gasteiger charge is -2.32. The van der Waals surface area contributed by atoms with E-state index in [-0.39, 0.29) is 0 Å². The zero-order valence-corrected chi connectivity index (χ0v) is 12.5. The number of anilines is 2. The first-order valence-electron chi connectivity index (χ1n) is 6.67. The maximum Gasteiger partial charge on any atom is 0.416 e. The largest absolute Gasteiger partial charge is 0.416 e. The van der Waals surface area contributed by atoms with Crippen molar-refractivity contribution in [2.75, 3.05) is 11.4 Å². The van der Waals surface area contributed by atoms with Gasteiger partial charge in [-0.05, 0) is 49.7 Å². The van der Waals surface area contributed by atoms with Gasteiger partial charge in [0, 0.05) is 16.3 Å². The smallest absolute Gasteiger partial charge is 0.340 e. The standard InChI is InChI=1S/C16H14F3NS/c1-3-20-12-6-4-10(2)8-14(12)21-15-9-11(16(17,18)19)5-7-13(15)20/h4-9H,3H2,1-2H3. The number of halogens is 3. The fraction of sp³-hybridized carbons (Fsp3) is 0.250. The molecule has 3 rings (SSSR count). The maximum atomic E-state index is 12.9. The van der Waals surface area contributed by atoms with Crippen molar-refractivity contribution in [1.29, 1.82) is 0 Å². The summed E-state index contributed by atoms with van der Waals surface area (Å²) in [6.07, 6.45) is -4.31. The molecule has 0 saturated heterocycles. The molecule has 0 aromatic heterocycles. The molecule has 0 radical (unpaired) electrons. The molecule has 1 aliphatic heterocycles. The minimum Gasteiger partial charge on any atom is -0.340 e. The van der Waals surface area contributed by atoms with Gasteiger partial charge in [0.05, 0.1) is 16.9 Å². The third-order valence-corrected chi connectivity index (χ3v) is 4.61. The molecule has 21 heavy (non-hydrogen) atoms. The van der Waals surface area contributed by atoms with Crippen LogP contribution in [0.2, 0.25) is 0 Å². The van der Waals surface area contributed by atoms with Gasteiger partial charge in [-0.15, -0.1) is 0 Å². The van der Waals surface area contributed by atoms with E-state index >= 15 is 0 Å². The van der Waals surface area contributed by atoms with Crippen LogP contribution >= 0.6 is 11.8 Å². The first-order chi connectivity index (χ1) is 9.90. The third kappa shape index (κ3) is 2.50. The Bertz CT molecular complexity index is 694. The summed E-state index contributed by atoms with van der Waals surface area (Å²) in [4.78, 5) is 3.72. The van der Waals surface area contributed by atoms with Gasteiger partial charge < -0.3 is 4.90 Å². The first kappa shape index (κ1) is 14.3. The Morgan fingerprint density at radius 3 is 2.24 bits per heavy atom. The molecule has 110 valence electrons. The molecular formula is C16H14F3NS. The van der Waals surface area contributed by atoms with Gasteiger partial charge in [0.15, 0.2) is 0 Å². The van der Waals surface area contributed by atoms with Crippen LogP contribution in [0.4, 0.5) is 24.5 Å². The Morgan fingerprint density at radius 1 is 1.00 bits per heavy atom. The predicted octanol–water partition coefficient (Wildman–Crippen LogP) is 5.64. The Balaban J connectivity index is 2.13. The minimum atomic E-state index is -4.31. The molecule has 0 atom stereocenters. The second-order valence-corrected chi connectivity index (χ2v) is 6.08. The molecule has 2 aromatic carbocycles.